The fraction of sp³-hybridized carbons (Fsp3) is 0.143. The van der Waals surface area contributed by atoms with Crippen LogP contribution in [-0.2, 0) is 14.4 Å². The molecule has 2 amide bonds. The molecule has 1 N–H and O–H groups in total. The van der Waals surface area contributed by atoms with Crippen molar-refractivity contribution in [3.8, 4) is 0 Å². The van der Waals surface area contributed by atoms with Crippen LogP contribution in [0.5, 0.6) is 0 Å². The second-order valence-electron chi connectivity index (χ2n) is 6.66. The minimum atomic E-state index is -0.915. The minimum absolute atomic E-state index is 0.0406. The molecule has 0 bridgehead atoms. The first kappa shape index (κ1) is 20.8. The number of amides is 2. The molecule has 2 heterocycles. The van der Waals surface area contributed by atoms with Gasteiger partial charge in [-0.3, -0.25) is 19.3 Å². The molecule has 0 aromatic heterocycles. The van der Waals surface area contributed by atoms with E-state index in [4.69, 9.17) is 17.3 Å². The number of hydrogen-bond acceptors (Lipinski definition) is 5. The van der Waals surface area contributed by atoms with Crippen molar-refractivity contribution in [3.05, 3.63) is 63.5 Å². The maximum atomic E-state index is 13.3. The summed E-state index contributed by atoms with van der Waals surface area (Å²) in [4.78, 5) is 40.7. The van der Waals surface area contributed by atoms with Crippen molar-refractivity contribution < 1.29 is 19.5 Å². The van der Waals surface area contributed by atoms with E-state index in [1.165, 1.54) is 9.80 Å². The van der Waals surface area contributed by atoms with E-state index in [0.29, 0.717) is 33.3 Å². The lowest BCUT2D eigenvalue weighted by molar-refractivity contribution is -0.137. The van der Waals surface area contributed by atoms with Gasteiger partial charge in [-0.2, -0.15) is 0 Å². The van der Waals surface area contributed by atoms with Crippen molar-refractivity contribution >= 4 is 79.0 Å². The molecule has 30 heavy (non-hydrogen) atoms. The summed E-state index contributed by atoms with van der Waals surface area (Å²) in [5.41, 5.74) is 2.25. The SMILES string of the molecule is O=C(O)CCCN1C(=O)C(=C2SC(=S)N(c3ccccc3)C2=O)c2cc(Br)ccc21. The van der Waals surface area contributed by atoms with Crippen LogP contribution in [0.4, 0.5) is 11.4 Å². The molecule has 2 aliphatic rings. The maximum absolute atomic E-state index is 13.3. The molecule has 0 atom stereocenters. The number of carbonyl (C=O) groups excluding carboxylic acids is 2. The Kier molecular flexibility index (Phi) is 5.77. The largest absolute Gasteiger partial charge is 0.481 e. The summed E-state index contributed by atoms with van der Waals surface area (Å²) in [7, 11) is 0. The number of fused-ring (bicyclic) bond motifs is 1. The van der Waals surface area contributed by atoms with Gasteiger partial charge in [0.05, 0.1) is 21.9 Å². The Balaban J connectivity index is 1.76. The first-order chi connectivity index (χ1) is 14.4. The van der Waals surface area contributed by atoms with Gasteiger partial charge in [0.25, 0.3) is 11.8 Å². The molecule has 4 rings (SSSR count). The van der Waals surface area contributed by atoms with Crippen LogP contribution >= 0.6 is 39.9 Å². The summed E-state index contributed by atoms with van der Waals surface area (Å²) in [6, 6.07) is 14.5. The van der Waals surface area contributed by atoms with E-state index in [-0.39, 0.29) is 29.7 Å². The Labute approximate surface area is 190 Å². The van der Waals surface area contributed by atoms with Gasteiger partial charge >= 0.3 is 5.97 Å². The van der Waals surface area contributed by atoms with E-state index >= 15 is 0 Å². The molecule has 0 radical (unpaired) electrons. The predicted octanol–water partition coefficient (Wildman–Crippen LogP) is 4.44. The number of aliphatic carboxylic acids is 1. The average molecular weight is 503 g/mol. The van der Waals surface area contributed by atoms with Crippen LogP contribution in [0.3, 0.4) is 0 Å². The van der Waals surface area contributed by atoms with Crippen LogP contribution in [0.1, 0.15) is 18.4 Å². The van der Waals surface area contributed by atoms with Crippen molar-refractivity contribution in [1.29, 1.82) is 0 Å². The summed E-state index contributed by atoms with van der Waals surface area (Å²) in [5.74, 6) is -1.57. The molecule has 0 spiro atoms. The van der Waals surface area contributed by atoms with E-state index in [9.17, 15) is 14.4 Å². The monoisotopic (exact) mass is 502 g/mol. The summed E-state index contributed by atoms with van der Waals surface area (Å²) < 4.78 is 1.14. The van der Waals surface area contributed by atoms with Crippen LogP contribution < -0.4 is 9.80 Å². The van der Waals surface area contributed by atoms with E-state index < -0.39 is 5.97 Å². The number of carbonyl (C=O) groups is 3. The third-order valence-electron chi connectivity index (χ3n) is 4.76. The summed E-state index contributed by atoms with van der Waals surface area (Å²) >= 11 is 9.98. The van der Waals surface area contributed by atoms with Crippen molar-refractivity contribution in [2.45, 2.75) is 12.8 Å². The number of carboxylic acids is 1. The Hall–Kier alpha value is -2.49. The molecule has 152 valence electrons. The molecular formula is C21H15BrN2O4S2. The molecule has 0 aliphatic carbocycles. The fourth-order valence-corrected chi connectivity index (χ4v) is 5.18. The number of anilines is 2. The van der Waals surface area contributed by atoms with Gasteiger partial charge in [0.15, 0.2) is 4.32 Å². The number of rotatable bonds is 5. The van der Waals surface area contributed by atoms with E-state index in [1.54, 1.807) is 24.3 Å². The smallest absolute Gasteiger partial charge is 0.303 e. The Morgan fingerprint density at radius 1 is 1.10 bits per heavy atom. The minimum Gasteiger partial charge on any atom is -0.481 e. The van der Waals surface area contributed by atoms with E-state index in [2.05, 4.69) is 15.9 Å². The zero-order valence-corrected chi connectivity index (χ0v) is 18.7. The number of thiocarbonyl (C=S) groups is 1. The van der Waals surface area contributed by atoms with Crippen LogP contribution in [0.15, 0.2) is 57.9 Å². The molecule has 2 aromatic rings. The maximum Gasteiger partial charge on any atom is 0.303 e. The highest BCUT2D eigenvalue weighted by Gasteiger charge is 2.42. The Bertz CT molecular complexity index is 1120. The lowest BCUT2D eigenvalue weighted by Gasteiger charge is -2.16. The van der Waals surface area contributed by atoms with Crippen molar-refractivity contribution in [2.75, 3.05) is 16.3 Å². The van der Waals surface area contributed by atoms with Gasteiger partial charge in [0, 0.05) is 23.0 Å². The van der Waals surface area contributed by atoms with Crippen molar-refractivity contribution in [3.63, 3.8) is 0 Å². The number of carboxylic acid groups (broad SMARTS) is 1. The standard InChI is InChI=1S/C21H15BrN2O4S2/c22-12-8-9-15-14(11-12)17(19(27)23(15)10-4-7-16(25)26)18-20(28)24(21(29)30-18)13-5-2-1-3-6-13/h1-3,5-6,8-9,11H,4,7,10H2,(H,25,26). The van der Waals surface area contributed by atoms with Crippen molar-refractivity contribution in [1.82, 2.24) is 0 Å². The summed E-state index contributed by atoms with van der Waals surface area (Å²) in [6.07, 6.45) is 0.274. The highest BCUT2D eigenvalue weighted by molar-refractivity contribution is 9.10. The predicted molar refractivity (Wildman–Crippen MR) is 124 cm³/mol. The third kappa shape index (κ3) is 3.68. The molecule has 2 aliphatic heterocycles. The highest BCUT2D eigenvalue weighted by Crippen LogP contribution is 2.46. The van der Waals surface area contributed by atoms with E-state index in [1.807, 2.05) is 24.3 Å². The summed E-state index contributed by atoms with van der Waals surface area (Å²) in [6.45, 7) is 0.252. The quantitative estimate of drug-likeness (QED) is 0.481. The van der Waals surface area contributed by atoms with Crippen LogP contribution in [0.2, 0.25) is 0 Å². The molecular weight excluding hydrogens is 488 g/mol. The number of hydrogen-bond donors (Lipinski definition) is 1. The molecule has 6 nitrogen and oxygen atoms in total. The Morgan fingerprint density at radius 2 is 1.83 bits per heavy atom. The first-order valence-corrected chi connectivity index (χ1v) is 11.1. The lowest BCUT2D eigenvalue weighted by Crippen LogP contribution is -2.30. The Morgan fingerprint density at radius 3 is 2.53 bits per heavy atom. The van der Waals surface area contributed by atoms with Gasteiger partial charge in [0.2, 0.25) is 0 Å². The molecule has 2 aromatic carbocycles. The third-order valence-corrected chi connectivity index (χ3v) is 6.63. The zero-order chi connectivity index (χ0) is 21.4. The van der Waals surface area contributed by atoms with Crippen molar-refractivity contribution in [2.24, 2.45) is 0 Å². The molecule has 1 fully saturated rings. The van der Waals surface area contributed by atoms with E-state index in [0.717, 1.165) is 16.2 Å². The van der Waals surface area contributed by atoms with Gasteiger partial charge < -0.3 is 10.0 Å². The number of para-hydroxylation sites is 1. The van der Waals surface area contributed by atoms with Crippen LogP contribution in [-0.4, -0.2) is 33.8 Å². The summed E-state index contributed by atoms with van der Waals surface area (Å²) in [5, 5.41) is 8.92. The molecule has 0 saturated carbocycles. The highest BCUT2D eigenvalue weighted by atomic mass is 79.9. The van der Waals surface area contributed by atoms with Gasteiger partial charge in [-0.1, -0.05) is 58.1 Å². The van der Waals surface area contributed by atoms with Gasteiger partial charge in [-0.25, -0.2) is 0 Å². The number of thioether (sulfide) groups is 1. The first-order valence-electron chi connectivity index (χ1n) is 9.07. The second kappa shape index (κ2) is 8.33. The fourth-order valence-electron chi connectivity index (χ4n) is 3.45. The van der Waals surface area contributed by atoms with Crippen LogP contribution in [0.25, 0.3) is 5.57 Å². The number of halogens is 1. The molecule has 0 unspecified atom stereocenters. The molecule has 9 heteroatoms. The topological polar surface area (TPSA) is 77.9 Å². The normalized spacial score (nSPS) is 18.4. The zero-order valence-electron chi connectivity index (χ0n) is 15.5. The number of nitrogens with zero attached hydrogens (tertiary/aromatic N) is 2. The number of benzene rings is 2. The lowest BCUT2D eigenvalue weighted by atomic mass is 10.1. The van der Waals surface area contributed by atoms with Gasteiger partial charge in [-0.05, 0) is 36.8 Å². The molecule has 1 saturated heterocycles. The van der Waals surface area contributed by atoms with Gasteiger partial charge in [0.1, 0.15) is 0 Å². The van der Waals surface area contributed by atoms with Gasteiger partial charge in [-0.15, -0.1) is 0 Å². The average Bonchev–Trinajstić information content (AvgIpc) is 3.14. The van der Waals surface area contributed by atoms with Crippen LogP contribution in [0, 0.1) is 0 Å². The second-order valence-corrected chi connectivity index (χ2v) is 9.22.